The summed E-state index contributed by atoms with van der Waals surface area (Å²) in [5, 5.41) is 40.6. The first-order valence-electron chi connectivity index (χ1n) is 17.5. The topological polar surface area (TPSA) is 134 Å². The van der Waals surface area contributed by atoms with Gasteiger partial charge in [-0.3, -0.25) is 9.59 Å². The first-order chi connectivity index (χ1) is 21.2. The van der Waals surface area contributed by atoms with E-state index in [-0.39, 0.29) is 30.8 Å². The first-order valence-corrected chi connectivity index (χ1v) is 17.5. The Bertz CT molecular complexity index is 795. The van der Waals surface area contributed by atoms with E-state index in [4.69, 9.17) is 9.47 Å². The van der Waals surface area contributed by atoms with Crippen molar-refractivity contribution in [2.24, 2.45) is 17.8 Å². The van der Waals surface area contributed by atoms with Crippen molar-refractivity contribution in [2.45, 2.75) is 161 Å². The fourth-order valence-corrected chi connectivity index (χ4v) is 5.73. The van der Waals surface area contributed by atoms with E-state index in [9.17, 15) is 30.0 Å². The molecule has 1 aliphatic carbocycles. The summed E-state index contributed by atoms with van der Waals surface area (Å²) in [7, 11) is 0. The molecule has 0 aromatic heterocycles. The van der Waals surface area contributed by atoms with Crippen LogP contribution in [0.4, 0.5) is 0 Å². The van der Waals surface area contributed by atoms with Crippen LogP contribution in [-0.2, 0) is 19.1 Å². The lowest BCUT2D eigenvalue weighted by Crippen LogP contribution is -2.28. The van der Waals surface area contributed by atoms with Crippen LogP contribution in [0, 0.1) is 17.8 Å². The standard InChI is InChI=1S/C36H64O8/c1-4-5-13-19-29(38)23-24-32-31(33(39)25-34(32)40)20-15-11-12-17-22-36(42)44-30(26-37)27-43-35(41)21-16-10-8-6-7-9-14-18-28(2)3/h11,15,23-24,28-34,37-40H,4-10,12-14,16-22,25-27H2,1-3H3/b15-11+,24-23+/t29-,30-,31+,32+,33-,34+/m0/s1. The predicted molar refractivity (Wildman–Crippen MR) is 175 cm³/mol. The van der Waals surface area contributed by atoms with Gasteiger partial charge < -0.3 is 29.9 Å². The van der Waals surface area contributed by atoms with E-state index in [1.165, 1.54) is 32.1 Å². The van der Waals surface area contributed by atoms with Gasteiger partial charge in [-0.1, -0.05) is 109 Å². The molecule has 4 N–H and O–H groups in total. The number of aliphatic hydroxyl groups is 4. The van der Waals surface area contributed by atoms with Crippen LogP contribution < -0.4 is 0 Å². The van der Waals surface area contributed by atoms with Crippen LogP contribution in [0.5, 0.6) is 0 Å². The molecule has 44 heavy (non-hydrogen) atoms. The van der Waals surface area contributed by atoms with Gasteiger partial charge in [0.05, 0.1) is 24.9 Å². The van der Waals surface area contributed by atoms with Gasteiger partial charge >= 0.3 is 11.9 Å². The summed E-state index contributed by atoms with van der Waals surface area (Å²) in [6.45, 7) is 6.08. The zero-order valence-electron chi connectivity index (χ0n) is 27.9. The summed E-state index contributed by atoms with van der Waals surface area (Å²) < 4.78 is 10.5. The molecule has 0 bridgehead atoms. The van der Waals surface area contributed by atoms with Crippen LogP contribution in [0.15, 0.2) is 24.3 Å². The molecule has 0 radical (unpaired) electrons. The monoisotopic (exact) mass is 624 g/mol. The van der Waals surface area contributed by atoms with E-state index < -0.39 is 37.0 Å². The Kier molecular flexibility index (Phi) is 23.3. The van der Waals surface area contributed by atoms with Gasteiger partial charge in [-0.25, -0.2) is 0 Å². The molecule has 6 atom stereocenters. The molecule has 1 rings (SSSR count). The Morgan fingerprint density at radius 3 is 2.18 bits per heavy atom. The second-order valence-corrected chi connectivity index (χ2v) is 13.0. The van der Waals surface area contributed by atoms with Crippen LogP contribution in [-0.4, -0.2) is 70.0 Å². The molecule has 0 amide bonds. The maximum Gasteiger partial charge on any atom is 0.306 e. The summed E-state index contributed by atoms with van der Waals surface area (Å²) in [5.41, 5.74) is 0. The van der Waals surface area contributed by atoms with Crippen molar-refractivity contribution in [3.63, 3.8) is 0 Å². The van der Waals surface area contributed by atoms with Crippen molar-refractivity contribution in [3.05, 3.63) is 24.3 Å². The number of unbranched alkanes of at least 4 members (excludes halogenated alkanes) is 9. The molecule has 0 aromatic rings. The highest BCUT2D eigenvalue weighted by molar-refractivity contribution is 5.70. The van der Waals surface area contributed by atoms with Crippen LogP contribution in [0.3, 0.4) is 0 Å². The van der Waals surface area contributed by atoms with E-state index >= 15 is 0 Å². The fraction of sp³-hybridized carbons (Fsp3) is 0.833. The quantitative estimate of drug-likeness (QED) is 0.0482. The summed E-state index contributed by atoms with van der Waals surface area (Å²) in [6.07, 6.45) is 20.6. The normalized spacial score (nSPS) is 21.8. The van der Waals surface area contributed by atoms with Gasteiger partial charge in [-0.05, 0) is 43.9 Å². The van der Waals surface area contributed by atoms with Crippen molar-refractivity contribution in [3.8, 4) is 0 Å². The molecule has 0 saturated heterocycles. The number of esters is 2. The maximum absolute atomic E-state index is 12.2. The highest BCUT2D eigenvalue weighted by Gasteiger charge is 2.39. The zero-order chi connectivity index (χ0) is 32.6. The average Bonchev–Trinajstić information content (AvgIpc) is 3.26. The smallest absolute Gasteiger partial charge is 0.306 e. The number of aliphatic hydroxyl groups excluding tert-OH is 4. The van der Waals surface area contributed by atoms with Gasteiger partial charge in [-0.2, -0.15) is 0 Å². The minimum absolute atomic E-state index is 0.122. The van der Waals surface area contributed by atoms with Crippen molar-refractivity contribution < 1.29 is 39.5 Å². The molecule has 0 heterocycles. The average molecular weight is 625 g/mol. The van der Waals surface area contributed by atoms with Crippen molar-refractivity contribution in [1.29, 1.82) is 0 Å². The summed E-state index contributed by atoms with van der Waals surface area (Å²) in [5.74, 6) is -0.332. The number of ether oxygens (including phenoxy) is 2. The maximum atomic E-state index is 12.2. The lowest BCUT2D eigenvalue weighted by atomic mass is 9.89. The van der Waals surface area contributed by atoms with Gasteiger partial charge in [0.2, 0.25) is 0 Å². The van der Waals surface area contributed by atoms with Crippen molar-refractivity contribution in [2.75, 3.05) is 13.2 Å². The third-order valence-corrected chi connectivity index (χ3v) is 8.50. The Morgan fingerprint density at radius 1 is 0.841 bits per heavy atom. The Labute approximate surface area is 267 Å². The van der Waals surface area contributed by atoms with Crippen molar-refractivity contribution >= 4 is 11.9 Å². The van der Waals surface area contributed by atoms with E-state index in [0.717, 1.165) is 44.4 Å². The van der Waals surface area contributed by atoms with Gasteiger partial charge in [0.15, 0.2) is 6.10 Å². The molecule has 1 fully saturated rings. The van der Waals surface area contributed by atoms with Crippen molar-refractivity contribution in [1.82, 2.24) is 0 Å². The van der Waals surface area contributed by atoms with Crippen LogP contribution >= 0.6 is 0 Å². The van der Waals surface area contributed by atoms with Gasteiger partial charge in [0, 0.05) is 25.2 Å². The van der Waals surface area contributed by atoms with E-state index in [1.54, 1.807) is 6.08 Å². The zero-order valence-corrected chi connectivity index (χ0v) is 27.9. The molecule has 1 aliphatic rings. The van der Waals surface area contributed by atoms with Crippen LogP contribution in [0.25, 0.3) is 0 Å². The summed E-state index contributed by atoms with van der Waals surface area (Å²) in [4.78, 5) is 24.2. The second-order valence-electron chi connectivity index (χ2n) is 13.0. The molecule has 0 unspecified atom stereocenters. The molecule has 8 nitrogen and oxygen atoms in total. The number of allylic oxidation sites excluding steroid dienone is 2. The van der Waals surface area contributed by atoms with Crippen LogP contribution in [0.2, 0.25) is 0 Å². The van der Waals surface area contributed by atoms with Gasteiger partial charge in [-0.15, -0.1) is 0 Å². The lowest BCUT2D eigenvalue weighted by molar-refractivity contribution is -0.161. The molecule has 0 spiro atoms. The molecular formula is C36H64O8. The Morgan fingerprint density at radius 2 is 1.50 bits per heavy atom. The number of carbonyl (C=O) groups excluding carboxylic acids is 2. The summed E-state index contributed by atoms with van der Waals surface area (Å²) in [6, 6.07) is 0. The van der Waals surface area contributed by atoms with Gasteiger partial charge in [0.1, 0.15) is 6.61 Å². The number of hydrogen-bond acceptors (Lipinski definition) is 8. The highest BCUT2D eigenvalue weighted by atomic mass is 16.6. The molecule has 0 aromatic carbocycles. The molecule has 256 valence electrons. The van der Waals surface area contributed by atoms with E-state index in [1.807, 2.05) is 18.2 Å². The SMILES string of the molecule is CCCCC[C@H](O)/C=C/[C@@H]1[C@@H](C/C=C/CCCC(=O)O[C@@H](CO)COC(=O)CCCCCCCCCC(C)C)[C@@H](O)C[C@H]1O. The molecular weight excluding hydrogens is 560 g/mol. The van der Waals surface area contributed by atoms with E-state index in [2.05, 4.69) is 20.8 Å². The lowest BCUT2D eigenvalue weighted by Gasteiger charge is -2.19. The van der Waals surface area contributed by atoms with Gasteiger partial charge in [0.25, 0.3) is 0 Å². The number of hydrogen-bond donors (Lipinski definition) is 4. The molecule has 0 aliphatic heterocycles. The Balaban J connectivity index is 2.21. The first kappa shape index (κ1) is 40.3. The fourth-order valence-electron chi connectivity index (χ4n) is 5.73. The summed E-state index contributed by atoms with van der Waals surface area (Å²) >= 11 is 0. The Hall–Kier alpha value is -1.74. The molecule has 1 saturated carbocycles. The third kappa shape index (κ3) is 19.6. The minimum Gasteiger partial charge on any atom is -0.462 e. The predicted octanol–water partition coefficient (Wildman–Crippen LogP) is 6.57. The highest BCUT2D eigenvalue weighted by Crippen LogP contribution is 2.36. The van der Waals surface area contributed by atoms with E-state index in [0.29, 0.717) is 38.5 Å². The largest absolute Gasteiger partial charge is 0.462 e. The minimum atomic E-state index is -0.863. The molecule has 8 heteroatoms. The second kappa shape index (κ2) is 25.5. The van der Waals surface area contributed by atoms with Crippen LogP contribution in [0.1, 0.15) is 136 Å². The number of rotatable bonds is 26. The third-order valence-electron chi connectivity index (χ3n) is 8.50. The number of carbonyl (C=O) groups is 2.